The molecular formula is C15H19ClO6. The average molecular weight is 331 g/mol. The first-order valence-electron chi connectivity index (χ1n) is 6.43. The molecular weight excluding hydrogens is 312 g/mol. The summed E-state index contributed by atoms with van der Waals surface area (Å²) < 4.78 is 4.17. The fourth-order valence-corrected chi connectivity index (χ4v) is 2.61. The Bertz CT molecular complexity index is 443. The number of halogens is 1. The van der Waals surface area contributed by atoms with Crippen LogP contribution < -0.4 is 0 Å². The number of hydrogen-bond donors (Lipinski definition) is 2. The Morgan fingerprint density at radius 1 is 1.14 bits per heavy atom. The quantitative estimate of drug-likeness (QED) is 0.468. The van der Waals surface area contributed by atoms with E-state index in [0.29, 0.717) is 6.42 Å². The standard InChI is InChI=1S/C9H10O4.C4H6O2.C2H3Cl/c10-8(11)6-4-1-2-5(3-4)7(6)9(12)13;1-3-6-4(2)5;1-2-3/h1-2,4-7H,3H2,(H,10,11)(H,12,13);3H,1H2,2H3;2H,1H2. The van der Waals surface area contributed by atoms with Crippen molar-refractivity contribution in [3.8, 4) is 0 Å². The number of carbonyl (C=O) groups is 3. The topological polar surface area (TPSA) is 101 Å². The molecule has 0 aromatic heterocycles. The summed E-state index contributed by atoms with van der Waals surface area (Å²) in [5, 5.41) is 17.7. The molecule has 2 bridgehead atoms. The Hall–Kier alpha value is -2.08. The summed E-state index contributed by atoms with van der Waals surface area (Å²) in [4.78, 5) is 31.4. The Labute approximate surface area is 133 Å². The largest absolute Gasteiger partial charge is 0.481 e. The van der Waals surface area contributed by atoms with Crippen LogP contribution in [0.15, 0.2) is 37.1 Å². The van der Waals surface area contributed by atoms with E-state index in [-0.39, 0.29) is 17.8 Å². The third-order valence-electron chi connectivity index (χ3n) is 3.28. The van der Waals surface area contributed by atoms with Gasteiger partial charge in [0.25, 0.3) is 0 Å². The van der Waals surface area contributed by atoms with E-state index in [2.05, 4.69) is 17.9 Å². The van der Waals surface area contributed by atoms with Crippen LogP contribution in [-0.2, 0) is 19.1 Å². The van der Waals surface area contributed by atoms with Crippen molar-refractivity contribution in [3.63, 3.8) is 0 Å². The van der Waals surface area contributed by atoms with E-state index in [1.807, 2.05) is 12.2 Å². The summed E-state index contributed by atoms with van der Waals surface area (Å²) in [5.74, 6) is -3.86. The Morgan fingerprint density at radius 2 is 1.50 bits per heavy atom. The lowest BCUT2D eigenvalue weighted by molar-refractivity contribution is -0.154. The van der Waals surface area contributed by atoms with Crippen LogP contribution in [0.3, 0.4) is 0 Å². The first-order valence-corrected chi connectivity index (χ1v) is 6.86. The van der Waals surface area contributed by atoms with Crippen molar-refractivity contribution in [2.45, 2.75) is 13.3 Å². The number of carbonyl (C=O) groups excluding carboxylic acids is 1. The van der Waals surface area contributed by atoms with E-state index in [1.54, 1.807) is 0 Å². The van der Waals surface area contributed by atoms with E-state index < -0.39 is 23.8 Å². The van der Waals surface area contributed by atoms with Crippen LogP contribution in [0.4, 0.5) is 0 Å². The summed E-state index contributed by atoms with van der Waals surface area (Å²) in [5.41, 5.74) is 1.22. The second-order valence-corrected chi connectivity index (χ2v) is 4.92. The molecule has 0 saturated heterocycles. The van der Waals surface area contributed by atoms with E-state index in [0.717, 1.165) is 6.26 Å². The first kappa shape index (κ1) is 19.9. The fraction of sp³-hybridized carbons (Fsp3) is 0.400. The molecule has 1 saturated carbocycles. The van der Waals surface area contributed by atoms with Crippen LogP contribution in [0.2, 0.25) is 0 Å². The number of allylic oxidation sites excluding steroid dienone is 2. The molecule has 2 aliphatic carbocycles. The number of fused-ring (bicyclic) bond motifs is 2. The maximum absolute atomic E-state index is 10.8. The predicted molar refractivity (Wildman–Crippen MR) is 81.0 cm³/mol. The molecule has 122 valence electrons. The van der Waals surface area contributed by atoms with Gasteiger partial charge < -0.3 is 14.9 Å². The maximum Gasteiger partial charge on any atom is 0.307 e. The molecule has 0 radical (unpaired) electrons. The van der Waals surface area contributed by atoms with Gasteiger partial charge in [-0.1, -0.05) is 36.9 Å². The molecule has 2 N–H and O–H groups in total. The minimum atomic E-state index is -0.982. The van der Waals surface area contributed by atoms with Gasteiger partial charge in [0, 0.05) is 6.92 Å². The molecule has 0 aromatic carbocycles. The van der Waals surface area contributed by atoms with Crippen molar-refractivity contribution in [1.82, 2.24) is 0 Å². The second kappa shape index (κ2) is 9.78. The van der Waals surface area contributed by atoms with Crippen LogP contribution in [0, 0.1) is 23.7 Å². The number of aliphatic carboxylic acids is 2. The van der Waals surface area contributed by atoms with E-state index >= 15 is 0 Å². The van der Waals surface area contributed by atoms with Crippen molar-refractivity contribution in [1.29, 1.82) is 0 Å². The molecule has 2 rings (SSSR count). The van der Waals surface area contributed by atoms with Gasteiger partial charge in [0.2, 0.25) is 0 Å². The smallest absolute Gasteiger partial charge is 0.307 e. The van der Waals surface area contributed by atoms with E-state index in [9.17, 15) is 14.4 Å². The van der Waals surface area contributed by atoms with Gasteiger partial charge in [-0.05, 0) is 23.8 Å². The average Bonchev–Trinajstić information content (AvgIpc) is 2.99. The lowest BCUT2D eigenvalue weighted by Crippen LogP contribution is -2.32. The minimum absolute atomic E-state index is 0.0661. The lowest BCUT2D eigenvalue weighted by Gasteiger charge is -2.20. The van der Waals surface area contributed by atoms with Crippen LogP contribution in [-0.4, -0.2) is 28.1 Å². The highest BCUT2D eigenvalue weighted by Crippen LogP contribution is 2.48. The van der Waals surface area contributed by atoms with Crippen molar-refractivity contribution < 1.29 is 29.3 Å². The highest BCUT2D eigenvalue weighted by Gasteiger charge is 2.51. The van der Waals surface area contributed by atoms with Gasteiger partial charge in [0.1, 0.15) is 0 Å². The lowest BCUT2D eigenvalue weighted by atomic mass is 9.83. The maximum atomic E-state index is 10.8. The van der Waals surface area contributed by atoms with Crippen LogP contribution in [0.1, 0.15) is 13.3 Å². The number of carboxylic acid groups (broad SMARTS) is 2. The van der Waals surface area contributed by atoms with E-state index in [1.165, 1.54) is 12.5 Å². The van der Waals surface area contributed by atoms with Gasteiger partial charge in [-0.25, -0.2) is 0 Å². The van der Waals surface area contributed by atoms with Crippen molar-refractivity contribution >= 4 is 29.5 Å². The summed E-state index contributed by atoms with van der Waals surface area (Å²) in [6, 6.07) is 0. The highest BCUT2D eigenvalue weighted by atomic mass is 35.5. The number of esters is 1. The molecule has 6 nitrogen and oxygen atoms in total. The SMILES string of the molecule is C=CCl.C=COC(C)=O.O=C(O)C1C2C=CC(C2)C1C(=O)O. The van der Waals surface area contributed by atoms with Gasteiger partial charge in [0.15, 0.2) is 0 Å². The molecule has 1 fully saturated rings. The molecule has 0 aromatic rings. The summed E-state index contributed by atoms with van der Waals surface area (Å²) in [6.45, 7) is 7.61. The zero-order valence-corrected chi connectivity index (χ0v) is 12.9. The zero-order valence-electron chi connectivity index (χ0n) is 12.1. The molecule has 0 spiro atoms. The van der Waals surface area contributed by atoms with Crippen molar-refractivity contribution in [3.05, 3.63) is 37.1 Å². The van der Waals surface area contributed by atoms with Gasteiger partial charge >= 0.3 is 17.9 Å². The second-order valence-electron chi connectivity index (χ2n) is 4.61. The normalized spacial score (nSPS) is 26.6. The molecule has 0 aliphatic heterocycles. The van der Waals surface area contributed by atoms with E-state index in [4.69, 9.17) is 21.8 Å². The van der Waals surface area contributed by atoms with Crippen LogP contribution in [0.25, 0.3) is 0 Å². The molecule has 0 heterocycles. The van der Waals surface area contributed by atoms with Crippen molar-refractivity contribution in [2.75, 3.05) is 0 Å². The molecule has 4 unspecified atom stereocenters. The molecule has 0 amide bonds. The summed E-state index contributed by atoms with van der Waals surface area (Å²) in [7, 11) is 0. The fourth-order valence-electron chi connectivity index (χ4n) is 2.61. The number of hydrogen-bond acceptors (Lipinski definition) is 4. The van der Waals surface area contributed by atoms with Gasteiger partial charge in [0.05, 0.1) is 18.1 Å². The van der Waals surface area contributed by atoms with Crippen LogP contribution in [0.5, 0.6) is 0 Å². The molecule has 4 atom stereocenters. The number of carboxylic acids is 2. The highest BCUT2D eigenvalue weighted by molar-refractivity contribution is 6.25. The molecule has 2 aliphatic rings. The third-order valence-corrected chi connectivity index (χ3v) is 3.28. The first-order chi connectivity index (χ1) is 10.3. The van der Waals surface area contributed by atoms with Gasteiger partial charge in [-0.3, -0.25) is 14.4 Å². The Balaban J connectivity index is 0.000000414. The van der Waals surface area contributed by atoms with Gasteiger partial charge in [-0.2, -0.15) is 0 Å². The Kier molecular flexibility index (Phi) is 8.86. The number of ether oxygens (including phenoxy) is 1. The number of rotatable bonds is 3. The molecule has 22 heavy (non-hydrogen) atoms. The zero-order chi connectivity index (χ0) is 17.3. The van der Waals surface area contributed by atoms with Crippen LogP contribution >= 0.6 is 11.6 Å². The monoisotopic (exact) mass is 330 g/mol. The third kappa shape index (κ3) is 5.73. The van der Waals surface area contributed by atoms with Crippen molar-refractivity contribution in [2.24, 2.45) is 23.7 Å². The summed E-state index contributed by atoms with van der Waals surface area (Å²) in [6.07, 6.45) is 5.46. The Morgan fingerprint density at radius 3 is 1.68 bits per heavy atom. The molecule has 7 heteroatoms. The minimum Gasteiger partial charge on any atom is -0.481 e. The van der Waals surface area contributed by atoms with Gasteiger partial charge in [-0.15, -0.1) is 0 Å². The predicted octanol–water partition coefficient (Wildman–Crippen LogP) is 2.66. The summed E-state index contributed by atoms with van der Waals surface area (Å²) >= 11 is 4.76.